The van der Waals surface area contributed by atoms with Gasteiger partial charge in [0.05, 0.1) is 42.7 Å². The molecular weight excluding hydrogens is 471 g/mol. The second-order valence-electron chi connectivity index (χ2n) is 11.0. The summed E-state index contributed by atoms with van der Waals surface area (Å²) < 4.78 is 39.1. The number of alkyl halides is 3. The van der Waals surface area contributed by atoms with Crippen LogP contribution in [0.25, 0.3) is 0 Å². The van der Waals surface area contributed by atoms with Crippen molar-refractivity contribution in [2.24, 2.45) is 4.99 Å². The van der Waals surface area contributed by atoms with Crippen LogP contribution >= 0.6 is 0 Å². The third-order valence-corrected chi connectivity index (χ3v) is 8.79. The van der Waals surface area contributed by atoms with Gasteiger partial charge in [0.2, 0.25) is 5.84 Å². The molecule has 0 atom stereocenters. The number of β-amino-alcohol motifs (C(OH)–C–C–N with tert-alkyl or cyclic N) is 1. The highest BCUT2D eigenvalue weighted by atomic mass is 19.4. The Morgan fingerprint density at radius 3 is 2.25 bits per heavy atom. The second-order valence-corrected chi connectivity index (χ2v) is 11.0. The maximum absolute atomic E-state index is 13.7. The monoisotopic (exact) mass is 505 g/mol. The molecule has 1 aromatic rings. The van der Waals surface area contributed by atoms with Gasteiger partial charge < -0.3 is 15.3 Å². The van der Waals surface area contributed by atoms with Crippen molar-refractivity contribution in [3.8, 4) is 0 Å². The van der Waals surface area contributed by atoms with Crippen LogP contribution in [0.15, 0.2) is 47.2 Å². The van der Waals surface area contributed by atoms with Crippen LogP contribution in [-0.4, -0.2) is 82.7 Å². The van der Waals surface area contributed by atoms with Crippen molar-refractivity contribution in [2.75, 3.05) is 33.7 Å². The van der Waals surface area contributed by atoms with Gasteiger partial charge in [-0.3, -0.25) is 9.80 Å². The molecule has 2 saturated carbocycles. The van der Waals surface area contributed by atoms with Crippen LogP contribution in [0.5, 0.6) is 0 Å². The van der Waals surface area contributed by atoms with Crippen LogP contribution in [-0.2, 0) is 5.54 Å². The summed E-state index contributed by atoms with van der Waals surface area (Å²) in [5, 5.41) is 13.3. The van der Waals surface area contributed by atoms with Crippen molar-refractivity contribution >= 4 is 11.9 Å². The van der Waals surface area contributed by atoms with E-state index in [1.165, 1.54) is 5.56 Å². The van der Waals surface area contributed by atoms with Crippen LogP contribution in [0.3, 0.4) is 0 Å². The molecular formula is C26H34F3N5O2. The number of carbonyl (C=O) groups excluding carboxylic acids is 1. The highest BCUT2D eigenvalue weighted by Crippen LogP contribution is 2.50. The van der Waals surface area contributed by atoms with Gasteiger partial charge in [-0.05, 0) is 64.6 Å². The molecule has 2 aliphatic heterocycles. The van der Waals surface area contributed by atoms with Gasteiger partial charge in [-0.15, -0.1) is 0 Å². The zero-order valence-corrected chi connectivity index (χ0v) is 20.8. The Hall–Kier alpha value is -2.59. The first-order valence-corrected chi connectivity index (χ1v) is 12.6. The van der Waals surface area contributed by atoms with Gasteiger partial charge in [0.15, 0.2) is 0 Å². The molecule has 0 aromatic heterocycles. The molecule has 0 radical (unpaired) electrons. The number of hydrogen-bond donors (Lipinski definition) is 2. The lowest BCUT2D eigenvalue weighted by molar-refractivity contribution is -0.0725. The summed E-state index contributed by atoms with van der Waals surface area (Å²) >= 11 is 0. The largest absolute Gasteiger partial charge is 0.449 e. The van der Waals surface area contributed by atoms with E-state index in [2.05, 4.69) is 41.4 Å². The number of rotatable bonds is 5. The fraction of sp³-hybridized carbons (Fsp3) is 0.615. The van der Waals surface area contributed by atoms with E-state index in [-0.39, 0.29) is 24.7 Å². The van der Waals surface area contributed by atoms with E-state index in [4.69, 9.17) is 0 Å². The Labute approximate surface area is 209 Å². The zero-order chi connectivity index (χ0) is 25.8. The molecule has 7 nitrogen and oxygen atoms in total. The Balaban J connectivity index is 1.44. The molecule has 4 aliphatic rings. The standard InChI is InChI=1S/C26H34F3N5O2/c1-32(2)25(19-7-4-3-5-8-19)13-11-23(12-14-25)17-33(20-15-30-21(31-16-20)26(27,28)29)22(35)34(23)18-24(36)9-6-10-24/h3-5,7-8,15,36H,6,9-14,16-18H2,1-2H3,(H,30,31)/t23-,25+. The summed E-state index contributed by atoms with van der Waals surface area (Å²) in [7, 11) is 4.17. The molecule has 36 heavy (non-hydrogen) atoms. The van der Waals surface area contributed by atoms with Gasteiger partial charge in [-0.2, -0.15) is 13.2 Å². The van der Waals surface area contributed by atoms with Crippen molar-refractivity contribution < 1.29 is 23.1 Å². The summed E-state index contributed by atoms with van der Waals surface area (Å²) in [6.07, 6.45) is 1.95. The molecule has 2 aliphatic carbocycles. The summed E-state index contributed by atoms with van der Waals surface area (Å²) in [4.78, 5) is 22.9. The Morgan fingerprint density at radius 1 is 1.08 bits per heavy atom. The topological polar surface area (TPSA) is 71.4 Å². The maximum atomic E-state index is 13.7. The van der Waals surface area contributed by atoms with E-state index in [0.717, 1.165) is 38.3 Å². The molecule has 196 valence electrons. The number of nitrogens with one attached hydrogen (secondary N) is 1. The van der Waals surface area contributed by atoms with Crippen molar-refractivity contribution in [1.82, 2.24) is 20.0 Å². The van der Waals surface area contributed by atoms with E-state index >= 15 is 0 Å². The van der Waals surface area contributed by atoms with Gasteiger partial charge >= 0.3 is 12.2 Å². The van der Waals surface area contributed by atoms with Crippen LogP contribution in [0, 0.1) is 0 Å². The Morgan fingerprint density at radius 2 is 1.75 bits per heavy atom. The zero-order valence-electron chi connectivity index (χ0n) is 20.8. The van der Waals surface area contributed by atoms with E-state index in [1.807, 2.05) is 23.1 Å². The predicted octanol–water partition coefficient (Wildman–Crippen LogP) is 3.81. The van der Waals surface area contributed by atoms with Crippen LogP contribution in [0.4, 0.5) is 18.0 Å². The lowest BCUT2D eigenvalue weighted by Gasteiger charge is -2.52. The Kier molecular flexibility index (Phi) is 6.10. The predicted molar refractivity (Wildman–Crippen MR) is 130 cm³/mol. The van der Waals surface area contributed by atoms with Crippen LogP contribution < -0.4 is 5.32 Å². The fourth-order valence-electron chi connectivity index (χ4n) is 6.34. The van der Waals surface area contributed by atoms with Gasteiger partial charge in [-0.1, -0.05) is 30.3 Å². The maximum Gasteiger partial charge on any atom is 0.449 e. The van der Waals surface area contributed by atoms with Gasteiger partial charge in [0, 0.05) is 5.54 Å². The summed E-state index contributed by atoms with van der Waals surface area (Å²) in [5.74, 6) is -1.05. The molecule has 3 fully saturated rings. The van der Waals surface area contributed by atoms with Gasteiger partial charge in [-0.25, -0.2) is 9.79 Å². The first-order chi connectivity index (χ1) is 17.0. The number of urea groups is 1. The molecule has 1 aromatic carbocycles. The normalized spacial score (nSPS) is 30.2. The van der Waals surface area contributed by atoms with E-state index < -0.39 is 23.2 Å². The number of nitrogens with zero attached hydrogens (tertiary/aromatic N) is 4. The minimum absolute atomic E-state index is 0.121. The summed E-state index contributed by atoms with van der Waals surface area (Å²) in [6, 6.07) is 10.1. The number of amides is 2. The lowest BCUT2D eigenvalue weighted by atomic mass is 9.67. The molecule has 5 rings (SSSR count). The molecule has 2 heterocycles. The number of benzene rings is 1. The molecule has 0 unspecified atom stereocenters. The van der Waals surface area contributed by atoms with E-state index in [0.29, 0.717) is 25.1 Å². The molecule has 0 bridgehead atoms. The third-order valence-electron chi connectivity index (χ3n) is 8.79. The molecule has 10 heteroatoms. The molecule has 2 amide bonds. The second kappa shape index (κ2) is 8.76. The minimum Gasteiger partial charge on any atom is -0.388 e. The number of amidine groups is 1. The summed E-state index contributed by atoms with van der Waals surface area (Å²) in [6.45, 7) is 0.509. The van der Waals surface area contributed by atoms with E-state index in [9.17, 15) is 23.1 Å². The molecule has 1 spiro atoms. The first-order valence-electron chi connectivity index (χ1n) is 12.6. The average molecular weight is 506 g/mol. The number of aliphatic hydroxyl groups is 1. The number of carbonyl (C=O) groups is 1. The first kappa shape index (κ1) is 25.1. The van der Waals surface area contributed by atoms with Crippen LogP contribution in [0.1, 0.15) is 50.5 Å². The third kappa shape index (κ3) is 4.18. The number of aliphatic imine (C=N–C) groups is 1. The number of halogens is 3. The average Bonchev–Trinajstić information content (AvgIpc) is 3.10. The van der Waals surface area contributed by atoms with Crippen molar-refractivity contribution in [3.63, 3.8) is 0 Å². The Bertz CT molecular complexity index is 1060. The highest BCUT2D eigenvalue weighted by Gasteiger charge is 2.57. The van der Waals surface area contributed by atoms with Crippen LogP contribution in [0.2, 0.25) is 0 Å². The molecule has 2 N–H and O–H groups in total. The molecule has 1 saturated heterocycles. The van der Waals surface area contributed by atoms with Crippen molar-refractivity contribution in [1.29, 1.82) is 0 Å². The summed E-state index contributed by atoms with van der Waals surface area (Å²) in [5.41, 5.74) is 0.103. The quantitative estimate of drug-likeness (QED) is 0.639. The fourth-order valence-corrected chi connectivity index (χ4v) is 6.34. The number of hydrogen-bond acceptors (Lipinski definition) is 5. The SMILES string of the molecule is CN(C)[C@]1(c2ccccc2)CC[C@]2(CC1)CN(C1=CN=C(C(F)(F)F)NC1)C(=O)N2CC1(O)CCC1. The lowest BCUT2D eigenvalue weighted by Crippen LogP contribution is -2.59. The van der Waals surface area contributed by atoms with Gasteiger partial charge in [0.1, 0.15) is 0 Å². The minimum atomic E-state index is -4.56. The van der Waals surface area contributed by atoms with E-state index in [1.54, 1.807) is 4.90 Å². The van der Waals surface area contributed by atoms with Gasteiger partial charge in [0.25, 0.3) is 0 Å². The smallest absolute Gasteiger partial charge is 0.388 e. The highest BCUT2D eigenvalue weighted by molar-refractivity contribution is 5.89. The van der Waals surface area contributed by atoms with Crippen molar-refractivity contribution in [2.45, 2.75) is 67.8 Å². The van der Waals surface area contributed by atoms with Crippen molar-refractivity contribution in [3.05, 3.63) is 47.8 Å².